The topological polar surface area (TPSA) is 46.9 Å². The van der Waals surface area contributed by atoms with Gasteiger partial charge in [0.15, 0.2) is 0 Å². The minimum absolute atomic E-state index is 0.316. The third kappa shape index (κ3) is 4.16. The summed E-state index contributed by atoms with van der Waals surface area (Å²) >= 11 is 12.2. The van der Waals surface area contributed by atoms with E-state index >= 15 is 0 Å². The highest BCUT2D eigenvalue weighted by molar-refractivity contribution is 6.36. The van der Waals surface area contributed by atoms with E-state index in [0.717, 1.165) is 5.69 Å². The average Bonchev–Trinajstić information content (AvgIpc) is 3.17. The van der Waals surface area contributed by atoms with Crippen LogP contribution < -0.4 is 5.32 Å². The first-order chi connectivity index (χ1) is 14.0. The molecule has 0 unspecified atom stereocenters. The van der Waals surface area contributed by atoms with Gasteiger partial charge in [-0.05, 0) is 54.6 Å². The number of hydrogen-bond donors (Lipinski definition) is 1. The van der Waals surface area contributed by atoms with Crippen molar-refractivity contribution in [1.82, 2.24) is 9.78 Å². The van der Waals surface area contributed by atoms with E-state index in [4.69, 9.17) is 23.2 Å². The lowest BCUT2D eigenvalue weighted by Crippen LogP contribution is -2.12. The Hall–Kier alpha value is -3.15. The highest BCUT2D eigenvalue weighted by atomic mass is 35.5. The largest absolute Gasteiger partial charge is 0.320 e. The van der Waals surface area contributed by atoms with E-state index in [0.29, 0.717) is 32.6 Å². The number of benzene rings is 3. The van der Waals surface area contributed by atoms with Gasteiger partial charge in [-0.25, -0.2) is 9.07 Å². The van der Waals surface area contributed by atoms with Crippen molar-refractivity contribution in [1.29, 1.82) is 0 Å². The number of carbonyl (C=O) groups excluding carboxylic acids is 1. The molecule has 29 heavy (non-hydrogen) atoms. The second-order valence-corrected chi connectivity index (χ2v) is 7.10. The van der Waals surface area contributed by atoms with Gasteiger partial charge >= 0.3 is 0 Å². The van der Waals surface area contributed by atoms with Crippen LogP contribution in [0.25, 0.3) is 16.9 Å². The summed E-state index contributed by atoms with van der Waals surface area (Å²) in [6.07, 6.45) is 1.63. The molecular formula is C22H14Cl2FN3O. The summed E-state index contributed by atoms with van der Waals surface area (Å²) in [7, 11) is 0. The summed E-state index contributed by atoms with van der Waals surface area (Å²) < 4.78 is 15.0. The third-order valence-corrected chi connectivity index (χ3v) is 4.84. The summed E-state index contributed by atoms with van der Waals surface area (Å²) in [5.74, 6) is -0.774. The summed E-state index contributed by atoms with van der Waals surface area (Å²) in [5.41, 5.74) is 2.53. The van der Waals surface area contributed by atoms with Crippen LogP contribution in [-0.2, 0) is 0 Å². The monoisotopic (exact) mass is 425 g/mol. The van der Waals surface area contributed by atoms with Crippen LogP contribution in [0.3, 0.4) is 0 Å². The molecule has 1 N–H and O–H groups in total. The molecule has 0 aliphatic rings. The quantitative estimate of drug-likeness (QED) is 0.420. The van der Waals surface area contributed by atoms with Crippen LogP contribution in [0.2, 0.25) is 10.0 Å². The van der Waals surface area contributed by atoms with Crippen molar-refractivity contribution in [2.24, 2.45) is 0 Å². The Bertz CT molecular complexity index is 1170. The van der Waals surface area contributed by atoms with Crippen molar-refractivity contribution >= 4 is 34.8 Å². The fraction of sp³-hybridized carbons (Fsp3) is 0. The number of carbonyl (C=O) groups is 1. The molecular weight excluding hydrogens is 412 g/mol. The van der Waals surface area contributed by atoms with Gasteiger partial charge in [0.05, 0.1) is 22.0 Å². The third-order valence-electron chi connectivity index (χ3n) is 4.27. The summed E-state index contributed by atoms with van der Waals surface area (Å²) in [6, 6.07) is 20.0. The van der Waals surface area contributed by atoms with Gasteiger partial charge in [-0.15, -0.1) is 0 Å². The number of amides is 1. The highest BCUT2D eigenvalue weighted by Crippen LogP contribution is 2.28. The summed E-state index contributed by atoms with van der Waals surface area (Å²) in [4.78, 5) is 13.0. The molecule has 1 amide bonds. The van der Waals surface area contributed by atoms with Gasteiger partial charge in [0, 0.05) is 16.8 Å². The lowest BCUT2D eigenvalue weighted by atomic mass is 10.1. The molecule has 0 spiro atoms. The molecule has 0 atom stereocenters. The van der Waals surface area contributed by atoms with E-state index in [9.17, 15) is 9.18 Å². The maximum atomic E-state index is 13.4. The predicted octanol–water partition coefficient (Wildman–Crippen LogP) is 6.24. The van der Waals surface area contributed by atoms with Crippen LogP contribution in [0.4, 0.5) is 10.1 Å². The highest BCUT2D eigenvalue weighted by Gasteiger charge is 2.20. The Balaban J connectivity index is 1.78. The zero-order valence-electron chi connectivity index (χ0n) is 14.9. The molecule has 4 aromatic rings. The Kier molecular flexibility index (Phi) is 5.34. The molecule has 0 saturated heterocycles. The van der Waals surface area contributed by atoms with Gasteiger partial charge in [-0.3, -0.25) is 4.79 Å². The number of anilines is 1. The number of nitrogens with one attached hydrogen (secondary N) is 1. The molecule has 144 valence electrons. The lowest BCUT2D eigenvalue weighted by molar-refractivity contribution is 0.102. The van der Waals surface area contributed by atoms with E-state index < -0.39 is 5.91 Å². The van der Waals surface area contributed by atoms with Crippen LogP contribution in [0.1, 0.15) is 10.4 Å². The summed E-state index contributed by atoms with van der Waals surface area (Å²) in [6.45, 7) is 0. The fourth-order valence-electron chi connectivity index (χ4n) is 2.86. The van der Waals surface area contributed by atoms with Crippen molar-refractivity contribution in [3.8, 4) is 16.9 Å². The molecule has 0 fully saturated rings. The van der Waals surface area contributed by atoms with Gasteiger partial charge in [0.2, 0.25) is 0 Å². The first-order valence-corrected chi connectivity index (χ1v) is 9.44. The van der Waals surface area contributed by atoms with E-state index in [1.165, 1.54) is 12.1 Å². The minimum Gasteiger partial charge on any atom is -0.320 e. The molecule has 0 saturated carbocycles. The standard InChI is InChI=1S/C22H14Cl2FN3O/c23-15-8-11-19(24)20(12-15)26-22(29)18-13-28(17-4-2-1-3-5-17)27-21(18)14-6-9-16(25)10-7-14/h1-13H,(H,26,29). The van der Waals surface area contributed by atoms with Crippen molar-refractivity contribution < 1.29 is 9.18 Å². The van der Waals surface area contributed by atoms with Gasteiger partial charge in [-0.1, -0.05) is 41.4 Å². The smallest absolute Gasteiger partial charge is 0.259 e. The Labute approximate surface area is 176 Å². The van der Waals surface area contributed by atoms with E-state index in [1.54, 1.807) is 41.2 Å². The molecule has 0 radical (unpaired) electrons. The molecule has 7 heteroatoms. The first-order valence-electron chi connectivity index (χ1n) is 8.69. The molecule has 3 aromatic carbocycles. The number of nitrogens with zero attached hydrogens (tertiary/aromatic N) is 2. The van der Waals surface area contributed by atoms with E-state index in [1.807, 2.05) is 30.3 Å². The van der Waals surface area contributed by atoms with Crippen molar-refractivity contribution in [2.45, 2.75) is 0 Å². The molecule has 4 nitrogen and oxygen atoms in total. The maximum Gasteiger partial charge on any atom is 0.259 e. The van der Waals surface area contributed by atoms with Crippen LogP contribution in [0.5, 0.6) is 0 Å². The number of halogens is 3. The van der Waals surface area contributed by atoms with Gasteiger partial charge in [0.1, 0.15) is 11.5 Å². The SMILES string of the molecule is O=C(Nc1cc(Cl)ccc1Cl)c1cn(-c2ccccc2)nc1-c1ccc(F)cc1. The zero-order valence-corrected chi connectivity index (χ0v) is 16.5. The second-order valence-electron chi connectivity index (χ2n) is 6.26. The molecule has 1 aromatic heterocycles. The van der Waals surface area contributed by atoms with Gasteiger partial charge < -0.3 is 5.32 Å². The Morgan fingerprint density at radius 3 is 2.41 bits per heavy atom. The molecule has 1 heterocycles. The van der Waals surface area contributed by atoms with E-state index in [-0.39, 0.29) is 5.82 Å². The normalized spacial score (nSPS) is 10.7. The lowest BCUT2D eigenvalue weighted by Gasteiger charge is -2.08. The fourth-order valence-corrected chi connectivity index (χ4v) is 3.19. The minimum atomic E-state index is -0.407. The number of para-hydroxylation sites is 1. The summed E-state index contributed by atoms with van der Waals surface area (Å²) in [5, 5.41) is 8.14. The van der Waals surface area contributed by atoms with Gasteiger partial charge in [-0.2, -0.15) is 5.10 Å². The molecule has 0 bridgehead atoms. The van der Waals surface area contributed by atoms with Gasteiger partial charge in [0.25, 0.3) is 5.91 Å². The van der Waals surface area contributed by atoms with Crippen LogP contribution >= 0.6 is 23.2 Å². The maximum absolute atomic E-state index is 13.4. The van der Waals surface area contributed by atoms with Crippen LogP contribution in [0.15, 0.2) is 79.0 Å². The van der Waals surface area contributed by atoms with Crippen molar-refractivity contribution in [2.75, 3.05) is 5.32 Å². The number of rotatable bonds is 4. The second kappa shape index (κ2) is 8.07. The molecule has 4 rings (SSSR count). The van der Waals surface area contributed by atoms with Crippen LogP contribution in [-0.4, -0.2) is 15.7 Å². The Morgan fingerprint density at radius 1 is 0.966 bits per heavy atom. The molecule has 0 aliphatic heterocycles. The van der Waals surface area contributed by atoms with Crippen LogP contribution in [0, 0.1) is 5.82 Å². The van der Waals surface area contributed by atoms with Crippen molar-refractivity contribution in [3.05, 3.63) is 100 Å². The zero-order chi connectivity index (χ0) is 20.4. The van der Waals surface area contributed by atoms with E-state index in [2.05, 4.69) is 10.4 Å². The average molecular weight is 426 g/mol. The first kappa shape index (κ1) is 19.2. The predicted molar refractivity (Wildman–Crippen MR) is 113 cm³/mol. The van der Waals surface area contributed by atoms with Crippen molar-refractivity contribution in [3.63, 3.8) is 0 Å². The molecule has 0 aliphatic carbocycles. The number of aromatic nitrogens is 2. The Morgan fingerprint density at radius 2 is 1.69 bits per heavy atom. The number of hydrogen-bond acceptors (Lipinski definition) is 2.